The van der Waals surface area contributed by atoms with Crippen LogP contribution < -0.4 is 5.32 Å². The van der Waals surface area contributed by atoms with Gasteiger partial charge in [-0.1, -0.05) is 0 Å². The Hall–Kier alpha value is -0.610. The molecule has 1 amide bonds. The van der Waals surface area contributed by atoms with E-state index in [4.69, 9.17) is 4.74 Å². The van der Waals surface area contributed by atoms with Crippen LogP contribution in [0.1, 0.15) is 19.8 Å². The first-order valence-electron chi connectivity index (χ1n) is 4.90. The second-order valence-electron chi connectivity index (χ2n) is 3.76. The van der Waals surface area contributed by atoms with E-state index >= 15 is 0 Å². The Kier molecular flexibility index (Phi) is 2.51. The first-order chi connectivity index (χ1) is 6.29. The summed E-state index contributed by atoms with van der Waals surface area (Å²) in [5.74, 6) is 0.218. The van der Waals surface area contributed by atoms with Crippen LogP contribution in [0.15, 0.2) is 0 Å². The first kappa shape index (κ1) is 8.97. The summed E-state index contributed by atoms with van der Waals surface area (Å²) in [6, 6.07) is 0.292. The molecule has 2 fully saturated rings. The van der Waals surface area contributed by atoms with Crippen LogP contribution in [0.25, 0.3) is 0 Å². The van der Waals surface area contributed by atoms with Crippen LogP contribution in [0.5, 0.6) is 0 Å². The Morgan fingerprint density at radius 2 is 2.46 bits per heavy atom. The van der Waals surface area contributed by atoms with Gasteiger partial charge in [-0.05, 0) is 19.8 Å². The Morgan fingerprint density at radius 1 is 1.62 bits per heavy atom. The van der Waals surface area contributed by atoms with E-state index in [1.165, 1.54) is 0 Å². The molecular weight excluding hydrogens is 168 g/mol. The van der Waals surface area contributed by atoms with Crippen molar-refractivity contribution in [3.63, 3.8) is 0 Å². The highest BCUT2D eigenvalue weighted by molar-refractivity contribution is 5.83. The van der Waals surface area contributed by atoms with Crippen molar-refractivity contribution >= 4 is 5.91 Å². The van der Waals surface area contributed by atoms with E-state index in [1.807, 2.05) is 11.8 Å². The molecule has 2 atom stereocenters. The zero-order valence-electron chi connectivity index (χ0n) is 7.95. The van der Waals surface area contributed by atoms with Crippen LogP contribution in [0.4, 0.5) is 0 Å². The predicted octanol–water partition coefficient (Wildman–Crippen LogP) is -0.0568. The van der Waals surface area contributed by atoms with Crippen molar-refractivity contribution in [2.24, 2.45) is 0 Å². The van der Waals surface area contributed by atoms with Crippen molar-refractivity contribution < 1.29 is 9.53 Å². The summed E-state index contributed by atoms with van der Waals surface area (Å²) in [6.07, 6.45) is 2.16. The summed E-state index contributed by atoms with van der Waals surface area (Å²) in [5.41, 5.74) is 0. The molecule has 74 valence electrons. The zero-order valence-corrected chi connectivity index (χ0v) is 7.95. The molecule has 13 heavy (non-hydrogen) atoms. The van der Waals surface area contributed by atoms with Crippen molar-refractivity contribution in [3.05, 3.63) is 0 Å². The van der Waals surface area contributed by atoms with Crippen LogP contribution in [-0.4, -0.2) is 42.8 Å². The van der Waals surface area contributed by atoms with E-state index in [1.54, 1.807) is 0 Å². The number of carbonyl (C=O) groups excluding carboxylic acids is 1. The van der Waals surface area contributed by atoms with Gasteiger partial charge in [0, 0.05) is 6.61 Å². The lowest BCUT2D eigenvalue weighted by molar-refractivity contribution is -0.132. The van der Waals surface area contributed by atoms with Crippen molar-refractivity contribution in [1.82, 2.24) is 10.2 Å². The maximum atomic E-state index is 11.6. The Morgan fingerprint density at radius 3 is 3.00 bits per heavy atom. The van der Waals surface area contributed by atoms with Crippen molar-refractivity contribution in [2.75, 3.05) is 19.9 Å². The number of nitrogens with one attached hydrogen (secondary N) is 1. The number of rotatable bonds is 1. The molecule has 0 aromatic heterocycles. The average molecular weight is 184 g/mol. The predicted molar refractivity (Wildman–Crippen MR) is 48.2 cm³/mol. The smallest absolute Gasteiger partial charge is 0.240 e. The third kappa shape index (κ3) is 1.69. The maximum Gasteiger partial charge on any atom is 0.240 e. The number of ether oxygens (including phenoxy) is 1. The lowest BCUT2D eigenvalue weighted by Crippen LogP contribution is -2.43. The minimum atomic E-state index is -0.0121. The number of hydrogen-bond acceptors (Lipinski definition) is 3. The molecule has 0 aromatic rings. The van der Waals surface area contributed by atoms with E-state index in [0.717, 1.165) is 19.4 Å². The Balaban J connectivity index is 1.96. The number of hydrogen-bond donors (Lipinski definition) is 1. The summed E-state index contributed by atoms with van der Waals surface area (Å²) in [5, 5.41) is 3.14. The summed E-state index contributed by atoms with van der Waals surface area (Å²) in [4.78, 5) is 13.5. The number of nitrogens with zero attached hydrogens (tertiary/aromatic N) is 1. The van der Waals surface area contributed by atoms with E-state index < -0.39 is 0 Å². The van der Waals surface area contributed by atoms with Crippen LogP contribution in [-0.2, 0) is 9.53 Å². The molecule has 2 rings (SSSR count). The quantitative estimate of drug-likeness (QED) is 0.621. The van der Waals surface area contributed by atoms with Gasteiger partial charge in [-0.25, -0.2) is 0 Å². The van der Waals surface area contributed by atoms with Gasteiger partial charge in [0.25, 0.3) is 0 Å². The molecule has 2 saturated heterocycles. The molecule has 2 heterocycles. The van der Waals surface area contributed by atoms with Gasteiger partial charge >= 0.3 is 0 Å². The largest absolute Gasteiger partial charge is 0.379 e. The molecule has 0 bridgehead atoms. The average Bonchev–Trinajstić information content (AvgIpc) is 2.49. The van der Waals surface area contributed by atoms with Crippen LogP contribution in [0, 0.1) is 0 Å². The molecule has 0 aromatic carbocycles. The van der Waals surface area contributed by atoms with E-state index in [2.05, 4.69) is 5.32 Å². The highest BCUT2D eigenvalue weighted by atomic mass is 16.5. The Labute approximate surface area is 78.2 Å². The topological polar surface area (TPSA) is 41.6 Å². The zero-order chi connectivity index (χ0) is 9.26. The normalized spacial score (nSPS) is 35.5. The van der Waals surface area contributed by atoms with Gasteiger partial charge in [-0.3, -0.25) is 10.1 Å². The van der Waals surface area contributed by atoms with Gasteiger partial charge in [0.05, 0.1) is 25.4 Å². The minimum Gasteiger partial charge on any atom is -0.379 e. The second-order valence-corrected chi connectivity index (χ2v) is 3.76. The highest BCUT2D eigenvalue weighted by Gasteiger charge is 2.33. The number of carbonyl (C=O) groups is 1. The fourth-order valence-corrected chi connectivity index (χ4v) is 1.93. The van der Waals surface area contributed by atoms with Crippen molar-refractivity contribution in [3.8, 4) is 0 Å². The Bertz CT molecular complexity index is 202. The third-order valence-corrected chi connectivity index (χ3v) is 2.80. The van der Waals surface area contributed by atoms with E-state index in [0.29, 0.717) is 19.3 Å². The van der Waals surface area contributed by atoms with Crippen LogP contribution >= 0.6 is 0 Å². The molecule has 2 unspecified atom stereocenters. The molecule has 4 nitrogen and oxygen atoms in total. The third-order valence-electron chi connectivity index (χ3n) is 2.80. The minimum absolute atomic E-state index is 0.0121. The summed E-state index contributed by atoms with van der Waals surface area (Å²) >= 11 is 0. The number of amides is 1. The van der Waals surface area contributed by atoms with Crippen molar-refractivity contribution in [1.29, 1.82) is 0 Å². The van der Waals surface area contributed by atoms with Gasteiger partial charge in [0.1, 0.15) is 0 Å². The second kappa shape index (κ2) is 3.64. The van der Waals surface area contributed by atoms with Gasteiger partial charge in [-0.2, -0.15) is 0 Å². The molecule has 0 spiro atoms. The van der Waals surface area contributed by atoms with Gasteiger partial charge in [0.2, 0.25) is 5.91 Å². The molecule has 0 aliphatic carbocycles. The monoisotopic (exact) mass is 184 g/mol. The molecule has 2 aliphatic heterocycles. The fourth-order valence-electron chi connectivity index (χ4n) is 1.93. The molecule has 0 saturated carbocycles. The fraction of sp³-hybridized carbons (Fsp3) is 0.889. The van der Waals surface area contributed by atoms with Gasteiger partial charge in [0.15, 0.2) is 0 Å². The molecule has 1 N–H and O–H groups in total. The molecule has 4 heteroatoms. The van der Waals surface area contributed by atoms with E-state index in [-0.39, 0.29) is 11.9 Å². The summed E-state index contributed by atoms with van der Waals surface area (Å²) in [6.45, 7) is 4.15. The summed E-state index contributed by atoms with van der Waals surface area (Å²) in [7, 11) is 0. The highest BCUT2D eigenvalue weighted by Crippen LogP contribution is 2.16. The molecule has 2 aliphatic rings. The lowest BCUT2D eigenvalue weighted by atomic mass is 10.1. The van der Waals surface area contributed by atoms with Crippen molar-refractivity contribution in [2.45, 2.75) is 31.8 Å². The SMILES string of the molecule is CC1NCN(C2CCCOC2)C1=O. The van der Waals surface area contributed by atoms with Gasteiger partial charge < -0.3 is 9.64 Å². The van der Waals surface area contributed by atoms with Gasteiger partial charge in [-0.15, -0.1) is 0 Å². The van der Waals surface area contributed by atoms with E-state index in [9.17, 15) is 4.79 Å². The molecule has 0 radical (unpaired) electrons. The van der Waals surface area contributed by atoms with Crippen LogP contribution in [0.2, 0.25) is 0 Å². The molecular formula is C9H16N2O2. The maximum absolute atomic E-state index is 11.6. The standard InChI is InChI=1S/C9H16N2O2/c1-7-9(12)11(6-10-7)8-3-2-4-13-5-8/h7-8,10H,2-6H2,1H3. The summed E-state index contributed by atoms with van der Waals surface area (Å²) < 4.78 is 5.36. The lowest BCUT2D eigenvalue weighted by Gasteiger charge is -2.30. The first-order valence-corrected chi connectivity index (χ1v) is 4.90. The van der Waals surface area contributed by atoms with Crippen LogP contribution in [0.3, 0.4) is 0 Å².